The molecule has 0 spiro atoms. The van der Waals surface area contributed by atoms with E-state index in [9.17, 15) is 4.79 Å². The Kier molecular flexibility index (Phi) is 5.92. The molecule has 0 aliphatic heterocycles. The van der Waals surface area contributed by atoms with E-state index in [0.29, 0.717) is 28.4 Å². The van der Waals surface area contributed by atoms with Crippen LogP contribution in [0.2, 0.25) is 5.15 Å². The fourth-order valence-electron chi connectivity index (χ4n) is 3.31. The molecule has 0 bridgehead atoms. The van der Waals surface area contributed by atoms with Gasteiger partial charge in [-0.25, -0.2) is 19.9 Å². The standard InChI is InChI=1S/C23H18ClN7O/c1-14(22-27-9-2-10-28-22)31(13-18-6-3-17(12-25)21(24)29-18)23(32)16-4-7-19-15(11-16)5-8-20(26)30-19/h2-11,14H,13H2,1H3,(H2,26,30)/t14-/m1/s1. The minimum atomic E-state index is -0.444. The number of carbonyl (C=O) groups excluding carboxylic acids is 1. The Morgan fingerprint density at radius 3 is 2.66 bits per heavy atom. The van der Waals surface area contributed by atoms with E-state index in [0.717, 1.165) is 5.39 Å². The number of hydrogen-bond acceptors (Lipinski definition) is 7. The van der Waals surface area contributed by atoms with Crippen molar-refractivity contribution in [2.24, 2.45) is 0 Å². The smallest absolute Gasteiger partial charge is 0.254 e. The van der Waals surface area contributed by atoms with Crippen LogP contribution >= 0.6 is 11.6 Å². The summed E-state index contributed by atoms with van der Waals surface area (Å²) in [5.41, 5.74) is 7.75. The van der Waals surface area contributed by atoms with Gasteiger partial charge in [-0.1, -0.05) is 11.6 Å². The van der Waals surface area contributed by atoms with Crippen LogP contribution in [-0.4, -0.2) is 30.7 Å². The predicted molar refractivity (Wildman–Crippen MR) is 120 cm³/mol. The highest BCUT2D eigenvalue weighted by atomic mass is 35.5. The Morgan fingerprint density at radius 1 is 1.16 bits per heavy atom. The molecule has 0 saturated carbocycles. The number of nitrogens with zero attached hydrogens (tertiary/aromatic N) is 6. The molecule has 4 aromatic rings. The number of fused-ring (bicyclic) bond motifs is 1. The van der Waals surface area contributed by atoms with Crippen LogP contribution in [0.1, 0.15) is 40.4 Å². The molecule has 2 N–H and O–H groups in total. The van der Waals surface area contributed by atoms with E-state index in [1.165, 1.54) is 0 Å². The van der Waals surface area contributed by atoms with Gasteiger partial charge in [-0.3, -0.25) is 4.79 Å². The Labute approximate surface area is 189 Å². The van der Waals surface area contributed by atoms with Crippen molar-refractivity contribution in [3.8, 4) is 6.07 Å². The number of amides is 1. The maximum Gasteiger partial charge on any atom is 0.254 e. The molecular formula is C23H18ClN7O. The van der Waals surface area contributed by atoms with Crippen LogP contribution in [0.5, 0.6) is 0 Å². The molecule has 0 saturated heterocycles. The van der Waals surface area contributed by atoms with Gasteiger partial charge in [0.25, 0.3) is 5.91 Å². The number of nitrogen functional groups attached to an aromatic ring is 1. The van der Waals surface area contributed by atoms with Crippen LogP contribution in [0.4, 0.5) is 5.82 Å². The molecule has 1 atom stereocenters. The van der Waals surface area contributed by atoms with Crippen molar-refractivity contribution in [2.45, 2.75) is 19.5 Å². The van der Waals surface area contributed by atoms with Crippen LogP contribution in [-0.2, 0) is 6.54 Å². The van der Waals surface area contributed by atoms with Gasteiger partial charge in [0, 0.05) is 23.3 Å². The van der Waals surface area contributed by atoms with Gasteiger partial charge in [0.2, 0.25) is 0 Å². The molecule has 1 aromatic carbocycles. The molecule has 0 unspecified atom stereocenters. The van der Waals surface area contributed by atoms with E-state index in [-0.39, 0.29) is 23.2 Å². The van der Waals surface area contributed by atoms with Crippen molar-refractivity contribution in [1.29, 1.82) is 5.26 Å². The number of pyridine rings is 2. The maximum atomic E-state index is 13.6. The van der Waals surface area contributed by atoms with Gasteiger partial charge in [-0.2, -0.15) is 5.26 Å². The van der Waals surface area contributed by atoms with E-state index in [4.69, 9.17) is 22.6 Å². The SMILES string of the molecule is C[C@H](c1ncccn1)N(Cc1ccc(C#N)c(Cl)n1)C(=O)c1ccc2nc(N)ccc2c1. The fraction of sp³-hybridized carbons (Fsp3) is 0.130. The zero-order valence-corrected chi connectivity index (χ0v) is 17.9. The number of halogens is 1. The predicted octanol–water partition coefficient (Wildman–Crippen LogP) is 3.93. The van der Waals surface area contributed by atoms with Gasteiger partial charge in [-0.05, 0) is 55.5 Å². The number of rotatable bonds is 5. The topological polar surface area (TPSA) is 122 Å². The van der Waals surface area contributed by atoms with Gasteiger partial charge in [0.1, 0.15) is 22.9 Å². The highest BCUT2D eigenvalue weighted by molar-refractivity contribution is 6.30. The van der Waals surface area contributed by atoms with Crippen molar-refractivity contribution in [3.05, 3.63) is 88.7 Å². The number of nitrogens with two attached hydrogens (primary N) is 1. The number of aromatic nitrogens is 4. The first-order valence-electron chi connectivity index (χ1n) is 9.76. The summed E-state index contributed by atoms with van der Waals surface area (Å²) in [4.78, 5) is 32.4. The normalized spacial score (nSPS) is 11.7. The molecule has 158 valence electrons. The average molecular weight is 444 g/mol. The van der Waals surface area contributed by atoms with E-state index in [1.54, 1.807) is 59.8 Å². The summed E-state index contributed by atoms with van der Waals surface area (Å²) in [5, 5.41) is 9.99. The molecule has 3 aromatic heterocycles. The second kappa shape index (κ2) is 8.96. The molecule has 9 heteroatoms. The lowest BCUT2D eigenvalue weighted by atomic mass is 10.1. The molecule has 0 fully saturated rings. The quantitative estimate of drug-likeness (QED) is 0.463. The summed E-state index contributed by atoms with van der Waals surface area (Å²) in [6, 6.07) is 15.3. The summed E-state index contributed by atoms with van der Waals surface area (Å²) < 4.78 is 0. The lowest BCUT2D eigenvalue weighted by Gasteiger charge is -2.28. The molecule has 32 heavy (non-hydrogen) atoms. The van der Waals surface area contributed by atoms with Gasteiger partial charge >= 0.3 is 0 Å². The number of anilines is 1. The number of nitriles is 1. The number of carbonyl (C=O) groups is 1. The van der Waals surface area contributed by atoms with Crippen molar-refractivity contribution < 1.29 is 4.79 Å². The zero-order chi connectivity index (χ0) is 22.7. The Hall–Kier alpha value is -4.09. The monoisotopic (exact) mass is 443 g/mol. The maximum absolute atomic E-state index is 13.6. The first-order chi connectivity index (χ1) is 15.5. The second-order valence-electron chi connectivity index (χ2n) is 7.11. The first-order valence-corrected chi connectivity index (χ1v) is 10.1. The van der Waals surface area contributed by atoms with Gasteiger partial charge in [0.15, 0.2) is 0 Å². The summed E-state index contributed by atoms with van der Waals surface area (Å²) in [6.07, 6.45) is 3.26. The van der Waals surface area contributed by atoms with Crippen LogP contribution in [0.25, 0.3) is 10.9 Å². The lowest BCUT2D eigenvalue weighted by molar-refractivity contribution is 0.0663. The van der Waals surface area contributed by atoms with Gasteiger partial charge < -0.3 is 10.6 Å². The molecule has 1 amide bonds. The molecule has 0 aliphatic rings. The average Bonchev–Trinajstić information content (AvgIpc) is 2.82. The van der Waals surface area contributed by atoms with Crippen molar-refractivity contribution >= 4 is 34.2 Å². The molecule has 0 radical (unpaired) electrons. The summed E-state index contributed by atoms with van der Waals surface area (Å²) >= 11 is 6.11. The summed E-state index contributed by atoms with van der Waals surface area (Å²) in [6.45, 7) is 2.00. The third-order valence-corrected chi connectivity index (χ3v) is 5.29. The van der Waals surface area contributed by atoms with Crippen LogP contribution in [0.3, 0.4) is 0 Å². The highest BCUT2D eigenvalue weighted by Crippen LogP contribution is 2.24. The molecule has 8 nitrogen and oxygen atoms in total. The third kappa shape index (κ3) is 4.33. The van der Waals surface area contributed by atoms with Crippen LogP contribution in [0.15, 0.2) is 60.9 Å². The Bertz CT molecular complexity index is 1340. The van der Waals surface area contributed by atoms with Crippen LogP contribution < -0.4 is 5.73 Å². The van der Waals surface area contributed by atoms with E-state index >= 15 is 0 Å². The van der Waals surface area contributed by atoms with Crippen molar-refractivity contribution in [3.63, 3.8) is 0 Å². The van der Waals surface area contributed by atoms with E-state index in [2.05, 4.69) is 19.9 Å². The second-order valence-corrected chi connectivity index (χ2v) is 7.47. The number of hydrogen-bond donors (Lipinski definition) is 1. The van der Waals surface area contributed by atoms with E-state index < -0.39 is 6.04 Å². The van der Waals surface area contributed by atoms with Gasteiger partial charge in [-0.15, -0.1) is 0 Å². The molecule has 3 heterocycles. The summed E-state index contributed by atoms with van der Waals surface area (Å²) in [5.74, 6) is 0.679. The van der Waals surface area contributed by atoms with E-state index in [1.807, 2.05) is 19.1 Å². The van der Waals surface area contributed by atoms with Crippen molar-refractivity contribution in [1.82, 2.24) is 24.8 Å². The zero-order valence-electron chi connectivity index (χ0n) is 17.1. The van der Waals surface area contributed by atoms with Gasteiger partial charge in [0.05, 0.1) is 29.4 Å². The Morgan fingerprint density at radius 2 is 1.94 bits per heavy atom. The van der Waals surface area contributed by atoms with Crippen LogP contribution in [0, 0.1) is 11.3 Å². The molecular weight excluding hydrogens is 426 g/mol. The minimum Gasteiger partial charge on any atom is -0.384 e. The first kappa shape index (κ1) is 21.2. The summed E-state index contributed by atoms with van der Waals surface area (Å²) in [7, 11) is 0. The fourth-order valence-corrected chi connectivity index (χ4v) is 3.52. The molecule has 0 aliphatic carbocycles. The van der Waals surface area contributed by atoms with Crippen molar-refractivity contribution in [2.75, 3.05) is 5.73 Å². The number of benzene rings is 1. The highest BCUT2D eigenvalue weighted by Gasteiger charge is 2.26. The third-order valence-electron chi connectivity index (χ3n) is 5.00. The molecule has 4 rings (SSSR count). The largest absolute Gasteiger partial charge is 0.384 e. The lowest BCUT2D eigenvalue weighted by Crippen LogP contribution is -2.34. The minimum absolute atomic E-state index is 0.0929. The Balaban J connectivity index is 1.72.